The van der Waals surface area contributed by atoms with Crippen LogP contribution in [0.15, 0.2) is 77.4 Å². The van der Waals surface area contributed by atoms with Gasteiger partial charge in [0.15, 0.2) is 0 Å². The number of fused-ring (bicyclic) bond motifs is 3. The zero-order valence-electron chi connectivity index (χ0n) is 20.0. The number of carbonyl (C=O) groups is 3. The van der Waals surface area contributed by atoms with Crippen LogP contribution in [0, 0.1) is 11.8 Å². The van der Waals surface area contributed by atoms with Gasteiger partial charge in [0.1, 0.15) is 5.60 Å². The SMILES string of the molecule is CC(C)(C)OC(=O)NC1=NC2=CCC3C(=O)N(c4ccccc4)C(=O)C3C2N1Cc1ccccc1. The van der Waals surface area contributed by atoms with Gasteiger partial charge in [-0.1, -0.05) is 54.6 Å². The van der Waals surface area contributed by atoms with E-state index in [0.29, 0.717) is 30.3 Å². The zero-order chi connectivity index (χ0) is 24.7. The number of imide groups is 1. The van der Waals surface area contributed by atoms with Gasteiger partial charge in [0.25, 0.3) is 0 Å². The summed E-state index contributed by atoms with van der Waals surface area (Å²) in [6.07, 6.45) is 1.71. The molecular weight excluding hydrogens is 444 g/mol. The van der Waals surface area contributed by atoms with Crippen LogP contribution in [0.5, 0.6) is 0 Å². The molecule has 0 radical (unpaired) electrons. The quantitative estimate of drug-likeness (QED) is 0.686. The van der Waals surface area contributed by atoms with E-state index in [2.05, 4.69) is 10.3 Å². The van der Waals surface area contributed by atoms with Crippen LogP contribution in [0.2, 0.25) is 0 Å². The highest BCUT2D eigenvalue weighted by Crippen LogP contribution is 2.44. The van der Waals surface area contributed by atoms with E-state index in [1.807, 2.05) is 59.5 Å². The summed E-state index contributed by atoms with van der Waals surface area (Å²) in [5.41, 5.74) is 1.57. The number of ether oxygens (including phenoxy) is 1. The lowest BCUT2D eigenvalue weighted by molar-refractivity contribution is -0.122. The first-order chi connectivity index (χ1) is 16.7. The maximum absolute atomic E-state index is 13.7. The topological polar surface area (TPSA) is 91.3 Å². The number of hydrogen-bond donors (Lipinski definition) is 1. The summed E-state index contributed by atoms with van der Waals surface area (Å²) in [6, 6.07) is 18.3. The van der Waals surface area contributed by atoms with Gasteiger partial charge in [-0.3, -0.25) is 14.9 Å². The number of nitrogens with zero attached hydrogens (tertiary/aromatic N) is 3. The molecule has 0 bridgehead atoms. The van der Waals surface area contributed by atoms with E-state index in [9.17, 15) is 14.4 Å². The van der Waals surface area contributed by atoms with Gasteiger partial charge in [0.05, 0.1) is 29.3 Å². The minimum absolute atomic E-state index is 0.199. The molecule has 3 aliphatic rings. The number of hydrogen-bond acceptors (Lipinski definition) is 6. The number of amides is 3. The molecule has 3 unspecified atom stereocenters. The van der Waals surface area contributed by atoms with Crippen molar-refractivity contribution in [2.75, 3.05) is 4.90 Å². The Morgan fingerprint density at radius 1 is 1.03 bits per heavy atom. The summed E-state index contributed by atoms with van der Waals surface area (Å²) in [7, 11) is 0. The third-order valence-electron chi connectivity index (χ3n) is 6.37. The molecule has 1 fully saturated rings. The maximum atomic E-state index is 13.7. The molecule has 0 aromatic heterocycles. The lowest BCUT2D eigenvalue weighted by Gasteiger charge is -2.35. The maximum Gasteiger partial charge on any atom is 0.414 e. The minimum atomic E-state index is -0.672. The van der Waals surface area contributed by atoms with Crippen molar-refractivity contribution in [2.24, 2.45) is 16.8 Å². The van der Waals surface area contributed by atoms with E-state index >= 15 is 0 Å². The fourth-order valence-electron chi connectivity index (χ4n) is 4.97. The van der Waals surface area contributed by atoms with Gasteiger partial charge in [-0.2, -0.15) is 0 Å². The van der Waals surface area contributed by atoms with E-state index in [-0.39, 0.29) is 11.8 Å². The molecule has 0 saturated carbocycles. The molecule has 8 nitrogen and oxygen atoms in total. The zero-order valence-corrected chi connectivity index (χ0v) is 20.0. The van der Waals surface area contributed by atoms with E-state index in [1.165, 1.54) is 4.90 Å². The van der Waals surface area contributed by atoms with Crippen molar-refractivity contribution in [3.05, 3.63) is 78.0 Å². The van der Waals surface area contributed by atoms with Crippen LogP contribution in [0.4, 0.5) is 10.5 Å². The third kappa shape index (κ3) is 4.32. The van der Waals surface area contributed by atoms with Crippen molar-refractivity contribution in [3.8, 4) is 0 Å². The first-order valence-corrected chi connectivity index (χ1v) is 11.7. The molecule has 3 amide bonds. The Kier molecular flexibility index (Phi) is 5.67. The van der Waals surface area contributed by atoms with Gasteiger partial charge in [0.2, 0.25) is 17.8 Å². The van der Waals surface area contributed by atoms with Crippen molar-refractivity contribution in [2.45, 2.75) is 45.4 Å². The van der Waals surface area contributed by atoms with Crippen molar-refractivity contribution in [1.82, 2.24) is 10.2 Å². The number of carbonyl (C=O) groups excluding carboxylic acids is 3. The number of allylic oxidation sites excluding steroid dienone is 1. The molecule has 1 N–H and O–H groups in total. The molecule has 2 aromatic carbocycles. The Morgan fingerprint density at radius 2 is 1.69 bits per heavy atom. The summed E-state index contributed by atoms with van der Waals surface area (Å²) >= 11 is 0. The fourth-order valence-corrected chi connectivity index (χ4v) is 4.97. The van der Waals surface area contributed by atoms with Crippen LogP contribution in [0.3, 0.4) is 0 Å². The number of nitrogens with one attached hydrogen (secondary N) is 1. The van der Waals surface area contributed by atoms with Crippen molar-refractivity contribution >= 4 is 29.6 Å². The van der Waals surface area contributed by atoms with Crippen LogP contribution in [0.25, 0.3) is 0 Å². The number of para-hydroxylation sites is 1. The molecule has 8 heteroatoms. The standard InChI is InChI=1S/C27H28N4O4/c1-27(2,3)35-26(34)29-25-28-20-15-14-19-21(22(20)30(25)16-17-10-6-4-7-11-17)24(33)31(23(19)32)18-12-8-5-9-13-18/h4-13,15,19,21-22H,14,16H2,1-3H3,(H,28,29,34). The summed E-state index contributed by atoms with van der Waals surface area (Å²) < 4.78 is 5.44. The monoisotopic (exact) mass is 472 g/mol. The molecule has 3 atom stereocenters. The highest BCUT2D eigenvalue weighted by molar-refractivity contribution is 6.22. The number of rotatable bonds is 3. The van der Waals surface area contributed by atoms with Gasteiger partial charge < -0.3 is 9.64 Å². The number of anilines is 1. The largest absolute Gasteiger partial charge is 0.444 e. The van der Waals surface area contributed by atoms with Gasteiger partial charge in [-0.05, 0) is 44.9 Å². The minimum Gasteiger partial charge on any atom is -0.444 e. The van der Waals surface area contributed by atoms with E-state index < -0.39 is 29.6 Å². The highest BCUT2D eigenvalue weighted by atomic mass is 16.6. The molecule has 1 aliphatic carbocycles. The molecular formula is C27H28N4O4. The van der Waals surface area contributed by atoms with Gasteiger partial charge in [-0.25, -0.2) is 14.7 Å². The summed E-state index contributed by atoms with van der Waals surface area (Å²) in [6.45, 7) is 5.78. The second-order valence-corrected chi connectivity index (χ2v) is 9.97. The van der Waals surface area contributed by atoms with Crippen LogP contribution in [-0.2, 0) is 20.9 Å². The second kappa shape index (κ2) is 8.69. The Bertz CT molecular complexity index is 1220. The molecule has 180 valence electrons. The van der Waals surface area contributed by atoms with Crippen molar-refractivity contribution in [1.29, 1.82) is 0 Å². The number of benzene rings is 2. The Balaban J connectivity index is 1.49. The molecule has 2 aromatic rings. The average Bonchev–Trinajstić information content (AvgIpc) is 3.27. The molecule has 35 heavy (non-hydrogen) atoms. The van der Waals surface area contributed by atoms with E-state index in [4.69, 9.17) is 4.74 Å². The van der Waals surface area contributed by atoms with E-state index in [1.54, 1.807) is 32.9 Å². The second-order valence-electron chi connectivity index (χ2n) is 9.97. The average molecular weight is 473 g/mol. The Labute approximate surface area is 204 Å². The fraction of sp³-hybridized carbons (Fsp3) is 0.333. The Morgan fingerprint density at radius 3 is 2.34 bits per heavy atom. The summed E-state index contributed by atoms with van der Waals surface area (Å²) in [5, 5.41) is 2.78. The Hall–Kier alpha value is -3.94. The number of aliphatic imine (C=N–C) groups is 1. The summed E-state index contributed by atoms with van der Waals surface area (Å²) in [4.78, 5) is 47.5. The molecule has 2 heterocycles. The predicted molar refractivity (Wildman–Crippen MR) is 131 cm³/mol. The lowest BCUT2D eigenvalue weighted by Crippen LogP contribution is -2.51. The molecule has 1 saturated heterocycles. The first kappa shape index (κ1) is 22.8. The number of guanidine groups is 1. The smallest absolute Gasteiger partial charge is 0.414 e. The van der Waals surface area contributed by atoms with Gasteiger partial charge in [-0.15, -0.1) is 0 Å². The van der Waals surface area contributed by atoms with Crippen LogP contribution < -0.4 is 10.2 Å². The third-order valence-corrected chi connectivity index (χ3v) is 6.37. The predicted octanol–water partition coefficient (Wildman–Crippen LogP) is 3.84. The van der Waals surface area contributed by atoms with Crippen LogP contribution in [0.1, 0.15) is 32.8 Å². The van der Waals surface area contributed by atoms with Crippen molar-refractivity contribution < 1.29 is 19.1 Å². The van der Waals surface area contributed by atoms with Crippen molar-refractivity contribution in [3.63, 3.8) is 0 Å². The van der Waals surface area contributed by atoms with Crippen LogP contribution in [-0.4, -0.2) is 40.4 Å². The first-order valence-electron chi connectivity index (χ1n) is 11.7. The molecule has 5 rings (SSSR count). The van der Waals surface area contributed by atoms with E-state index in [0.717, 1.165) is 5.56 Å². The summed E-state index contributed by atoms with van der Waals surface area (Å²) in [5.74, 6) is -1.21. The molecule has 2 aliphatic heterocycles. The normalized spacial score (nSPS) is 23.5. The van der Waals surface area contributed by atoms with Crippen LogP contribution >= 0.6 is 0 Å². The van der Waals surface area contributed by atoms with Gasteiger partial charge in [0, 0.05) is 6.54 Å². The van der Waals surface area contributed by atoms with Gasteiger partial charge >= 0.3 is 6.09 Å². The highest BCUT2D eigenvalue weighted by Gasteiger charge is 2.57. The molecule has 0 spiro atoms. The number of alkyl carbamates (subject to hydrolysis) is 1. The lowest BCUT2D eigenvalue weighted by atomic mass is 9.79.